The van der Waals surface area contributed by atoms with Crippen LogP contribution in [-0.4, -0.2) is 11.9 Å². The van der Waals surface area contributed by atoms with Gasteiger partial charge in [-0.05, 0) is 37.2 Å². The van der Waals surface area contributed by atoms with Gasteiger partial charge in [0, 0.05) is 22.8 Å². The van der Waals surface area contributed by atoms with Gasteiger partial charge in [0.2, 0.25) is 5.91 Å². The van der Waals surface area contributed by atoms with Crippen molar-refractivity contribution in [2.24, 2.45) is 17.6 Å². The fourth-order valence-corrected chi connectivity index (χ4v) is 3.40. The molecule has 0 aromatic carbocycles. The number of thiophene rings is 1. The molecule has 4 heteroatoms. The van der Waals surface area contributed by atoms with Crippen molar-refractivity contribution in [2.75, 3.05) is 0 Å². The molecule has 18 heavy (non-hydrogen) atoms. The highest BCUT2D eigenvalue weighted by Gasteiger charge is 2.24. The van der Waals surface area contributed by atoms with Gasteiger partial charge in [-0.25, -0.2) is 0 Å². The molecule has 0 aliphatic heterocycles. The Morgan fingerprint density at radius 1 is 1.44 bits per heavy atom. The second-order valence-corrected chi connectivity index (χ2v) is 6.51. The van der Waals surface area contributed by atoms with Crippen molar-refractivity contribution >= 4 is 17.2 Å². The van der Waals surface area contributed by atoms with E-state index < -0.39 is 0 Å². The van der Waals surface area contributed by atoms with E-state index in [1.54, 1.807) is 11.3 Å². The summed E-state index contributed by atoms with van der Waals surface area (Å²) < 4.78 is 0. The zero-order valence-electron chi connectivity index (χ0n) is 11.1. The Balaban J connectivity index is 1.82. The number of nitrogens with one attached hydrogen (secondary N) is 1. The smallest absolute Gasteiger partial charge is 0.249 e. The molecule has 2 rings (SSSR count). The standard InChI is InChI=1S/C14H22N2OS/c1-9-3-4-12(5-10(9)2)16-7-13-6-11(8-18-13)14(15)17/h6,8-10,12,16H,3-5,7H2,1-2H3,(H2,15,17). The van der Waals surface area contributed by atoms with Crippen LogP contribution in [0.15, 0.2) is 11.4 Å². The summed E-state index contributed by atoms with van der Waals surface area (Å²) in [5.41, 5.74) is 5.87. The van der Waals surface area contributed by atoms with Crippen LogP contribution >= 0.6 is 11.3 Å². The highest BCUT2D eigenvalue weighted by Crippen LogP contribution is 2.29. The van der Waals surface area contributed by atoms with Gasteiger partial charge in [-0.1, -0.05) is 13.8 Å². The van der Waals surface area contributed by atoms with Crippen LogP contribution in [0.25, 0.3) is 0 Å². The van der Waals surface area contributed by atoms with E-state index in [4.69, 9.17) is 5.73 Å². The third kappa shape index (κ3) is 3.33. The number of carbonyl (C=O) groups excluding carboxylic acids is 1. The molecular formula is C14H22N2OS. The Morgan fingerprint density at radius 3 is 2.83 bits per heavy atom. The van der Waals surface area contributed by atoms with E-state index in [1.807, 2.05) is 11.4 Å². The summed E-state index contributed by atoms with van der Waals surface area (Å²) in [7, 11) is 0. The van der Waals surface area contributed by atoms with Crippen LogP contribution in [0.4, 0.5) is 0 Å². The lowest BCUT2D eigenvalue weighted by Gasteiger charge is -2.32. The van der Waals surface area contributed by atoms with Gasteiger partial charge < -0.3 is 11.1 Å². The van der Waals surface area contributed by atoms with E-state index in [-0.39, 0.29) is 5.91 Å². The van der Waals surface area contributed by atoms with Crippen molar-refractivity contribution in [3.63, 3.8) is 0 Å². The molecule has 1 heterocycles. The van der Waals surface area contributed by atoms with Crippen molar-refractivity contribution in [3.05, 3.63) is 21.9 Å². The first-order valence-corrected chi connectivity index (χ1v) is 7.55. The summed E-state index contributed by atoms with van der Waals surface area (Å²) in [5, 5.41) is 5.44. The van der Waals surface area contributed by atoms with Gasteiger partial charge in [-0.2, -0.15) is 0 Å². The van der Waals surface area contributed by atoms with Crippen molar-refractivity contribution in [1.29, 1.82) is 0 Å². The van der Waals surface area contributed by atoms with E-state index in [0.29, 0.717) is 11.6 Å². The van der Waals surface area contributed by atoms with Crippen LogP contribution in [-0.2, 0) is 6.54 Å². The molecule has 0 saturated heterocycles. The summed E-state index contributed by atoms with van der Waals surface area (Å²) >= 11 is 1.60. The van der Waals surface area contributed by atoms with Gasteiger partial charge in [-0.3, -0.25) is 4.79 Å². The number of carbonyl (C=O) groups is 1. The molecule has 1 saturated carbocycles. The van der Waals surface area contributed by atoms with Gasteiger partial charge in [0.15, 0.2) is 0 Å². The Bertz CT molecular complexity index is 416. The molecule has 1 fully saturated rings. The minimum absolute atomic E-state index is 0.336. The number of primary amides is 1. The van der Waals surface area contributed by atoms with Crippen LogP contribution in [0.5, 0.6) is 0 Å². The average Bonchev–Trinajstić information content (AvgIpc) is 2.79. The third-order valence-corrected chi connectivity index (χ3v) is 5.04. The summed E-state index contributed by atoms with van der Waals surface area (Å²) in [6, 6.07) is 2.52. The summed E-state index contributed by atoms with van der Waals surface area (Å²) in [5.74, 6) is 1.32. The largest absolute Gasteiger partial charge is 0.366 e. The van der Waals surface area contributed by atoms with E-state index in [2.05, 4.69) is 19.2 Å². The molecule has 1 aromatic rings. The van der Waals surface area contributed by atoms with E-state index >= 15 is 0 Å². The minimum Gasteiger partial charge on any atom is -0.366 e. The number of amides is 1. The second kappa shape index (κ2) is 5.85. The first-order valence-electron chi connectivity index (χ1n) is 6.67. The minimum atomic E-state index is -0.336. The van der Waals surface area contributed by atoms with Crippen molar-refractivity contribution in [1.82, 2.24) is 5.32 Å². The summed E-state index contributed by atoms with van der Waals surface area (Å²) in [6.45, 7) is 5.54. The van der Waals surface area contributed by atoms with Gasteiger partial charge in [0.05, 0.1) is 5.56 Å². The van der Waals surface area contributed by atoms with Crippen molar-refractivity contribution in [2.45, 2.75) is 45.7 Å². The van der Waals surface area contributed by atoms with E-state index in [0.717, 1.165) is 18.4 Å². The van der Waals surface area contributed by atoms with E-state index in [9.17, 15) is 4.79 Å². The topological polar surface area (TPSA) is 55.1 Å². The quantitative estimate of drug-likeness (QED) is 0.880. The van der Waals surface area contributed by atoms with Gasteiger partial charge in [-0.15, -0.1) is 11.3 Å². The number of rotatable bonds is 4. The van der Waals surface area contributed by atoms with Crippen LogP contribution < -0.4 is 11.1 Å². The molecule has 0 spiro atoms. The Morgan fingerprint density at radius 2 is 2.22 bits per heavy atom. The van der Waals surface area contributed by atoms with Crippen molar-refractivity contribution in [3.8, 4) is 0 Å². The molecule has 3 N–H and O–H groups in total. The second-order valence-electron chi connectivity index (χ2n) is 5.51. The maximum Gasteiger partial charge on any atom is 0.249 e. The maximum atomic E-state index is 11.0. The fraction of sp³-hybridized carbons (Fsp3) is 0.643. The molecule has 3 atom stereocenters. The number of hydrogen-bond donors (Lipinski definition) is 2. The highest BCUT2D eigenvalue weighted by molar-refractivity contribution is 7.10. The number of nitrogens with two attached hydrogens (primary N) is 1. The molecule has 1 aliphatic rings. The molecule has 0 radical (unpaired) electrons. The molecule has 0 bridgehead atoms. The Hall–Kier alpha value is -0.870. The summed E-state index contributed by atoms with van der Waals surface area (Å²) in [6.07, 6.45) is 3.84. The predicted octanol–water partition coefficient (Wildman–Crippen LogP) is 2.76. The average molecular weight is 266 g/mol. The van der Waals surface area contributed by atoms with Gasteiger partial charge in [0.1, 0.15) is 0 Å². The molecular weight excluding hydrogens is 244 g/mol. The first-order chi connectivity index (χ1) is 8.56. The first kappa shape index (κ1) is 13.6. The van der Waals surface area contributed by atoms with Gasteiger partial charge >= 0.3 is 0 Å². The highest BCUT2D eigenvalue weighted by atomic mass is 32.1. The molecule has 100 valence electrons. The van der Waals surface area contributed by atoms with Gasteiger partial charge in [0.25, 0.3) is 0 Å². The Labute approximate surface area is 113 Å². The molecule has 1 aliphatic carbocycles. The maximum absolute atomic E-state index is 11.0. The van der Waals surface area contributed by atoms with Crippen LogP contribution in [0.3, 0.4) is 0 Å². The summed E-state index contributed by atoms with van der Waals surface area (Å²) in [4.78, 5) is 12.2. The Kier molecular flexibility index (Phi) is 4.40. The van der Waals surface area contributed by atoms with Crippen molar-refractivity contribution < 1.29 is 4.79 Å². The normalized spacial score (nSPS) is 28.2. The molecule has 1 aromatic heterocycles. The zero-order chi connectivity index (χ0) is 13.1. The fourth-order valence-electron chi connectivity index (χ4n) is 2.58. The lowest BCUT2D eigenvalue weighted by atomic mass is 9.79. The van der Waals surface area contributed by atoms with Crippen LogP contribution in [0.2, 0.25) is 0 Å². The molecule has 3 unspecified atom stereocenters. The predicted molar refractivity (Wildman–Crippen MR) is 75.6 cm³/mol. The SMILES string of the molecule is CC1CCC(NCc2cc(C(N)=O)cs2)CC1C. The van der Waals surface area contributed by atoms with Crippen LogP contribution in [0, 0.1) is 11.8 Å². The van der Waals surface area contributed by atoms with E-state index in [1.165, 1.54) is 24.1 Å². The molecule has 3 nitrogen and oxygen atoms in total. The van der Waals surface area contributed by atoms with Crippen LogP contribution in [0.1, 0.15) is 48.3 Å². The molecule has 1 amide bonds. The third-order valence-electron chi connectivity index (χ3n) is 4.10. The number of hydrogen-bond acceptors (Lipinski definition) is 3. The lowest BCUT2D eigenvalue weighted by Crippen LogP contribution is -2.35. The monoisotopic (exact) mass is 266 g/mol. The zero-order valence-corrected chi connectivity index (χ0v) is 11.9. The lowest BCUT2D eigenvalue weighted by molar-refractivity contribution is 0.100.